The normalized spacial score (nSPS) is 10.3. The summed E-state index contributed by atoms with van der Waals surface area (Å²) in [5.74, 6) is 0.656. The van der Waals surface area contributed by atoms with Gasteiger partial charge in [-0.25, -0.2) is 4.98 Å². The molecule has 0 aliphatic carbocycles. The molecule has 0 atom stereocenters. The molecule has 0 saturated carbocycles. The van der Waals surface area contributed by atoms with Crippen molar-refractivity contribution in [3.63, 3.8) is 0 Å². The van der Waals surface area contributed by atoms with Crippen LogP contribution in [0.3, 0.4) is 0 Å². The summed E-state index contributed by atoms with van der Waals surface area (Å²) in [5, 5.41) is 1.75. The molecule has 0 spiro atoms. The maximum absolute atomic E-state index is 12.8. The lowest BCUT2D eigenvalue weighted by Gasteiger charge is -2.22. The van der Waals surface area contributed by atoms with Gasteiger partial charge in [-0.1, -0.05) is 12.1 Å². The molecule has 2 aromatic heterocycles. The summed E-state index contributed by atoms with van der Waals surface area (Å²) >= 11 is 1.40. The van der Waals surface area contributed by atoms with Crippen molar-refractivity contribution in [1.29, 1.82) is 0 Å². The molecule has 0 saturated heterocycles. The van der Waals surface area contributed by atoms with Gasteiger partial charge >= 0.3 is 0 Å². The van der Waals surface area contributed by atoms with Crippen molar-refractivity contribution >= 4 is 22.9 Å². The number of nitrogens with zero attached hydrogens (tertiary/aromatic N) is 3. The van der Waals surface area contributed by atoms with Crippen molar-refractivity contribution < 1.29 is 9.53 Å². The van der Waals surface area contributed by atoms with E-state index in [0.29, 0.717) is 12.2 Å². The van der Waals surface area contributed by atoms with Crippen LogP contribution in [0.2, 0.25) is 0 Å². The number of carbonyl (C=O) groups is 1. The van der Waals surface area contributed by atoms with Crippen molar-refractivity contribution in [2.24, 2.45) is 0 Å². The number of pyridine rings is 1. The molecule has 0 N–H and O–H groups in total. The largest absolute Gasteiger partial charge is 0.497 e. The van der Waals surface area contributed by atoms with Crippen LogP contribution in [0.25, 0.3) is 0 Å². The highest BCUT2D eigenvalue weighted by atomic mass is 32.1. The molecule has 0 fully saturated rings. The summed E-state index contributed by atoms with van der Waals surface area (Å²) in [4.78, 5) is 22.6. The molecule has 0 bridgehead atoms. The number of amides is 1. The van der Waals surface area contributed by atoms with Crippen molar-refractivity contribution in [2.45, 2.75) is 6.54 Å². The molecule has 116 valence electrons. The van der Waals surface area contributed by atoms with Gasteiger partial charge in [0.05, 0.1) is 19.2 Å². The summed E-state index contributed by atoms with van der Waals surface area (Å²) in [6, 6.07) is 11.3. The quantitative estimate of drug-likeness (QED) is 0.721. The van der Waals surface area contributed by atoms with Gasteiger partial charge in [-0.05, 0) is 29.8 Å². The fourth-order valence-electron chi connectivity index (χ4n) is 2.17. The van der Waals surface area contributed by atoms with Crippen molar-refractivity contribution in [2.75, 3.05) is 12.0 Å². The summed E-state index contributed by atoms with van der Waals surface area (Å²) in [7, 11) is 1.63. The zero-order valence-corrected chi connectivity index (χ0v) is 13.4. The first-order chi connectivity index (χ1) is 11.3. The molecule has 0 unspecified atom stereocenters. The first-order valence-electron chi connectivity index (χ1n) is 7.01. The van der Waals surface area contributed by atoms with Gasteiger partial charge in [0.15, 0.2) is 0 Å². The minimum Gasteiger partial charge on any atom is -0.497 e. The number of rotatable bonds is 5. The fraction of sp³-hybridized carbons (Fsp3) is 0.118. The standard InChI is InChI=1S/C17H15N3O2S/c1-22-15-4-2-13(3-5-15)10-20(14-6-8-18-9-7-14)17(21)16-11-23-12-19-16/h2-9,11-12H,10H2,1H3. The Morgan fingerprint density at radius 1 is 1.17 bits per heavy atom. The average Bonchev–Trinajstić information content (AvgIpc) is 3.15. The Labute approximate surface area is 138 Å². The molecular formula is C17H15N3O2S. The van der Waals surface area contributed by atoms with Gasteiger partial charge in [-0.15, -0.1) is 11.3 Å². The Bertz CT molecular complexity index is 758. The van der Waals surface area contributed by atoms with Crippen LogP contribution in [-0.4, -0.2) is 23.0 Å². The van der Waals surface area contributed by atoms with Crippen molar-refractivity contribution in [3.05, 3.63) is 70.9 Å². The molecule has 0 aliphatic heterocycles. The molecule has 3 rings (SSSR count). The average molecular weight is 325 g/mol. The number of thiazole rings is 1. The van der Waals surface area contributed by atoms with Gasteiger partial charge in [0.1, 0.15) is 11.4 Å². The van der Waals surface area contributed by atoms with Crippen LogP contribution in [0.1, 0.15) is 16.1 Å². The highest BCUT2D eigenvalue weighted by Crippen LogP contribution is 2.20. The predicted octanol–water partition coefficient (Wildman–Crippen LogP) is 3.39. The first kappa shape index (κ1) is 15.2. The SMILES string of the molecule is COc1ccc(CN(C(=O)c2cscn2)c2ccncc2)cc1. The van der Waals surface area contributed by atoms with Gasteiger partial charge in [0.2, 0.25) is 0 Å². The number of anilines is 1. The van der Waals surface area contributed by atoms with E-state index < -0.39 is 0 Å². The molecule has 0 aliphatic rings. The van der Waals surface area contributed by atoms with Gasteiger partial charge in [0.25, 0.3) is 5.91 Å². The molecular weight excluding hydrogens is 310 g/mol. The molecule has 3 aromatic rings. The smallest absolute Gasteiger partial charge is 0.278 e. The number of aromatic nitrogens is 2. The van der Waals surface area contributed by atoms with Gasteiger partial charge in [0, 0.05) is 23.5 Å². The molecule has 23 heavy (non-hydrogen) atoms. The monoisotopic (exact) mass is 325 g/mol. The lowest BCUT2D eigenvalue weighted by atomic mass is 10.2. The number of methoxy groups -OCH3 is 1. The second-order valence-electron chi connectivity index (χ2n) is 4.82. The Balaban J connectivity index is 1.90. The number of carbonyl (C=O) groups excluding carboxylic acids is 1. The minimum absolute atomic E-state index is 0.131. The van der Waals surface area contributed by atoms with E-state index in [9.17, 15) is 4.79 Å². The molecule has 0 radical (unpaired) electrons. The van der Waals surface area contributed by atoms with Gasteiger partial charge in [-0.3, -0.25) is 9.78 Å². The third-order valence-electron chi connectivity index (χ3n) is 3.37. The number of hydrogen-bond donors (Lipinski definition) is 0. The zero-order valence-electron chi connectivity index (χ0n) is 12.5. The van der Waals surface area contributed by atoms with Crippen LogP contribution >= 0.6 is 11.3 Å². The van der Waals surface area contributed by atoms with E-state index >= 15 is 0 Å². The Morgan fingerprint density at radius 2 is 1.91 bits per heavy atom. The Morgan fingerprint density at radius 3 is 2.52 bits per heavy atom. The Kier molecular flexibility index (Phi) is 4.63. The highest BCUT2D eigenvalue weighted by Gasteiger charge is 2.19. The summed E-state index contributed by atoms with van der Waals surface area (Å²) in [6.07, 6.45) is 3.34. The van der Waals surface area contributed by atoms with Crippen LogP contribution in [0.15, 0.2) is 59.7 Å². The molecule has 1 amide bonds. The van der Waals surface area contributed by atoms with E-state index in [1.807, 2.05) is 36.4 Å². The number of hydrogen-bond acceptors (Lipinski definition) is 5. The minimum atomic E-state index is -0.131. The maximum atomic E-state index is 12.8. The maximum Gasteiger partial charge on any atom is 0.278 e. The molecule has 2 heterocycles. The first-order valence-corrected chi connectivity index (χ1v) is 7.95. The van der Waals surface area contributed by atoms with Crippen LogP contribution in [0.4, 0.5) is 5.69 Å². The van der Waals surface area contributed by atoms with Crippen LogP contribution in [0.5, 0.6) is 5.75 Å². The van der Waals surface area contributed by atoms with Crippen LogP contribution in [-0.2, 0) is 6.54 Å². The number of benzene rings is 1. The molecule has 5 nitrogen and oxygen atoms in total. The van der Waals surface area contributed by atoms with Crippen LogP contribution < -0.4 is 9.64 Å². The van der Waals surface area contributed by atoms with E-state index in [1.54, 1.807) is 35.3 Å². The highest BCUT2D eigenvalue weighted by molar-refractivity contribution is 7.07. The molecule has 6 heteroatoms. The van der Waals surface area contributed by atoms with Gasteiger partial charge in [-0.2, -0.15) is 0 Å². The van der Waals surface area contributed by atoms with E-state index in [0.717, 1.165) is 17.0 Å². The predicted molar refractivity (Wildman–Crippen MR) is 89.9 cm³/mol. The molecule has 1 aromatic carbocycles. The third-order valence-corrected chi connectivity index (χ3v) is 3.96. The summed E-state index contributed by atoms with van der Waals surface area (Å²) in [5.41, 5.74) is 3.89. The summed E-state index contributed by atoms with van der Waals surface area (Å²) < 4.78 is 5.17. The van der Waals surface area contributed by atoms with Crippen molar-refractivity contribution in [3.8, 4) is 5.75 Å². The fourth-order valence-corrected chi connectivity index (χ4v) is 2.70. The van der Waals surface area contributed by atoms with Crippen molar-refractivity contribution in [1.82, 2.24) is 9.97 Å². The lowest BCUT2D eigenvalue weighted by molar-refractivity contribution is 0.0981. The summed E-state index contributed by atoms with van der Waals surface area (Å²) in [6.45, 7) is 0.449. The van der Waals surface area contributed by atoms with E-state index in [2.05, 4.69) is 9.97 Å². The van der Waals surface area contributed by atoms with Gasteiger partial charge < -0.3 is 9.64 Å². The van der Waals surface area contributed by atoms with E-state index in [4.69, 9.17) is 4.74 Å². The second kappa shape index (κ2) is 7.02. The third kappa shape index (κ3) is 3.54. The van der Waals surface area contributed by atoms with E-state index in [1.165, 1.54) is 11.3 Å². The Hall–Kier alpha value is -2.73. The number of ether oxygens (including phenoxy) is 1. The van der Waals surface area contributed by atoms with Crippen LogP contribution in [0, 0.1) is 0 Å². The topological polar surface area (TPSA) is 55.3 Å². The zero-order chi connectivity index (χ0) is 16.1. The lowest BCUT2D eigenvalue weighted by Crippen LogP contribution is -2.30. The second-order valence-corrected chi connectivity index (χ2v) is 5.54. The van der Waals surface area contributed by atoms with E-state index in [-0.39, 0.29) is 5.91 Å².